The zero-order chi connectivity index (χ0) is 13.4. The summed E-state index contributed by atoms with van der Waals surface area (Å²) in [7, 11) is 0. The Kier molecular flexibility index (Phi) is 7.44. The van der Waals surface area contributed by atoms with Crippen LogP contribution in [0.5, 0.6) is 0 Å². The second kappa shape index (κ2) is 8.59. The monoisotopic (exact) mass is 329 g/mol. The Bertz CT molecular complexity index is 384. The second-order valence-electron chi connectivity index (χ2n) is 4.16. The molecule has 0 aliphatic heterocycles. The highest BCUT2D eigenvalue weighted by Gasteiger charge is 2.12. The van der Waals surface area contributed by atoms with E-state index in [0.29, 0.717) is 5.92 Å². The first kappa shape index (κ1) is 15.6. The first-order chi connectivity index (χ1) is 8.72. The van der Waals surface area contributed by atoms with Gasteiger partial charge in [-0.3, -0.25) is 4.79 Å². The van der Waals surface area contributed by atoms with Crippen molar-refractivity contribution < 1.29 is 4.79 Å². The maximum atomic E-state index is 12.1. The highest BCUT2D eigenvalue weighted by molar-refractivity contribution is 9.09. The zero-order valence-corrected chi connectivity index (χ0v) is 13.3. The van der Waals surface area contributed by atoms with Crippen molar-refractivity contribution in [3.63, 3.8) is 0 Å². The molecule has 1 aromatic carbocycles. The second-order valence-corrected chi connectivity index (χ2v) is 5.80. The third kappa shape index (κ3) is 4.65. The van der Waals surface area contributed by atoms with Gasteiger partial charge in [-0.2, -0.15) is 0 Å². The summed E-state index contributed by atoms with van der Waals surface area (Å²) in [6.07, 6.45) is 4.18. The molecule has 18 heavy (non-hydrogen) atoms. The van der Waals surface area contributed by atoms with Crippen molar-refractivity contribution in [3.05, 3.63) is 29.8 Å². The number of carbonyl (C=O) groups excluding carboxylic acids is 1. The van der Waals surface area contributed by atoms with Gasteiger partial charge >= 0.3 is 0 Å². The molecule has 1 amide bonds. The topological polar surface area (TPSA) is 29.1 Å². The lowest BCUT2D eigenvalue weighted by Gasteiger charge is -2.15. The minimum Gasteiger partial charge on any atom is -0.352 e. The maximum absolute atomic E-state index is 12.1. The summed E-state index contributed by atoms with van der Waals surface area (Å²) >= 11 is 5.06. The third-order valence-electron chi connectivity index (χ3n) is 3.00. The Morgan fingerprint density at radius 2 is 2.17 bits per heavy atom. The van der Waals surface area contributed by atoms with Crippen LogP contribution >= 0.6 is 27.7 Å². The lowest BCUT2D eigenvalue weighted by Crippen LogP contribution is -2.29. The van der Waals surface area contributed by atoms with E-state index in [1.54, 1.807) is 11.8 Å². The molecule has 4 heteroatoms. The Hall–Kier alpha value is -0.480. The molecule has 1 atom stereocenters. The van der Waals surface area contributed by atoms with Crippen molar-refractivity contribution in [1.29, 1.82) is 0 Å². The molecule has 1 aromatic rings. The number of benzene rings is 1. The average molecular weight is 330 g/mol. The largest absolute Gasteiger partial charge is 0.352 e. The van der Waals surface area contributed by atoms with Crippen LogP contribution in [0.3, 0.4) is 0 Å². The number of thioether (sulfide) groups is 1. The van der Waals surface area contributed by atoms with Crippen molar-refractivity contribution in [2.75, 3.05) is 18.1 Å². The number of amides is 1. The summed E-state index contributed by atoms with van der Waals surface area (Å²) < 4.78 is 0. The van der Waals surface area contributed by atoms with E-state index in [1.165, 1.54) is 0 Å². The SMILES string of the molecule is CCC(CCBr)CNC(=O)c1ccccc1SC. The molecule has 1 rings (SSSR count). The van der Waals surface area contributed by atoms with Gasteiger partial charge in [0.25, 0.3) is 5.91 Å². The summed E-state index contributed by atoms with van der Waals surface area (Å²) in [4.78, 5) is 13.1. The van der Waals surface area contributed by atoms with Gasteiger partial charge in [0, 0.05) is 16.8 Å². The molecular weight excluding hydrogens is 310 g/mol. The first-order valence-electron chi connectivity index (χ1n) is 6.20. The predicted octanol–water partition coefficient (Wildman–Crippen LogP) is 3.95. The van der Waals surface area contributed by atoms with Crippen molar-refractivity contribution in [2.45, 2.75) is 24.7 Å². The predicted molar refractivity (Wildman–Crippen MR) is 82.7 cm³/mol. The van der Waals surface area contributed by atoms with Crippen molar-refractivity contribution in [1.82, 2.24) is 5.32 Å². The Labute approximate surface area is 122 Å². The summed E-state index contributed by atoms with van der Waals surface area (Å²) in [5.41, 5.74) is 0.777. The quantitative estimate of drug-likeness (QED) is 0.606. The number of halogens is 1. The number of alkyl halides is 1. The maximum Gasteiger partial charge on any atom is 0.252 e. The summed E-state index contributed by atoms with van der Waals surface area (Å²) in [6.45, 7) is 2.92. The number of nitrogens with one attached hydrogen (secondary N) is 1. The molecule has 0 radical (unpaired) electrons. The van der Waals surface area contributed by atoms with Crippen LogP contribution in [0, 0.1) is 5.92 Å². The summed E-state index contributed by atoms with van der Waals surface area (Å²) in [6, 6.07) is 7.73. The number of carbonyl (C=O) groups is 1. The molecule has 0 fully saturated rings. The van der Waals surface area contributed by atoms with E-state index in [4.69, 9.17) is 0 Å². The van der Waals surface area contributed by atoms with Crippen LogP contribution in [0.15, 0.2) is 29.2 Å². The van der Waals surface area contributed by atoms with E-state index in [9.17, 15) is 4.79 Å². The highest BCUT2D eigenvalue weighted by atomic mass is 79.9. The number of rotatable bonds is 7. The van der Waals surface area contributed by atoms with Crippen molar-refractivity contribution >= 4 is 33.6 Å². The smallest absolute Gasteiger partial charge is 0.252 e. The third-order valence-corrected chi connectivity index (χ3v) is 4.25. The molecule has 1 unspecified atom stereocenters. The van der Waals surface area contributed by atoms with E-state index in [2.05, 4.69) is 28.2 Å². The number of hydrogen-bond acceptors (Lipinski definition) is 2. The molecular formula is C14H20BrNOS. The van der Waals surface area contributed by atoms with Crippen LogP contribution in [0.2, 0.25) is 0 Å². The first-order valence-corrected chi connectivity index (χ1v) is 8.54. The molecule has 0 bridgehead atoms. The molecule has 100 valence electrons. The molecule has 0 aromatic heterocycles. The van der Waals surface area contributed by atoms with Gasteiger partial charge in [-0.25, -0.2) is 0 Å². The van der Waals surface area contributed by atoms with Gasteiger partial charge in [-0.15, -0.1) is 11.8 Å². The summed E-state index contributed by atoms with van der Waals surface area (Å²) in [5, 5.41) is 4.03. The Balaban J connectivity index is 2.59. The van der Waals surface area contributed by atoms with Gasteiger partial charge in [0.05, 0.1) is 5.56 Å². The standard InChI is InChI=1S/C14H20BrNOS/c1-3-11(8-9-15)10-16-14(17)12-6-4-5-7-13(12)18-2/h4-7,11H,3,8-10H2,1-2H3,(H,16,17). The van der Waals surface area contributed by atoms with Gasteiger partial charge < -0.3 is 5.32 Å². The van der Waals surface area contributed by atoms with Crippen LogP contribution in [0.25, 0.3) is 0 Å². The van der Waals surface area contributed by atoms with Gasteiger partial charge in [0.1, 0.15) is 0 Å². The van der Waals surface area contributed by atoms with E-state index in [-0.39, 0.29) is 5.91 Å². The van der Waals surface area contributed by atoms with E-state index in [0.717, 1.165) is 35.2 Å². The highest BCUT2D eigenvalue weighted by Crippen LogP contribution is 2.19. The van der Waals surface area contributed by atoms with Crippen molar-refractivity contribution in [2.24, 2.45) is 5.92 Å². The van der Waals surface area contributed by atoms with Crippen LogP contribution in [0.4, 0.5) is 0 Å². The molecule has 0 heterocycles. The van der Waals surface area contributed by atoms with Crippen molar-refractivity contribution in [3.8, 4) is 0 Å². The zero-order valence-electron chi connectivity index (χ0n) is 10.9. The van der Waals surface area contributed by atoms with Crippen LogP contribution < -0.4 is 5.32 Å². The normalized spacial score (nSPS) is 12.2. The fourth-order valence-corrected chi connectivity index (χ4v) is 3.01. The van der Waals surface area contributed by atoms with E-state index < -0.39 is 0 Å². The van der Waals surface area contributed by atoms with E-state index in [1.807, 2.05) is 30.5 Å². The fraction of sp³-hybridized carbons (Fsp3) is 0.500. The van der Waals surface area contributed by atoms with E-state index >= 15 is 0 Å². The summed E-state index contributed by atoms with van der Waals surface area (Å²) in [5.74, 6) is 0.586. The average Bonchev–Trinajstić information content (AvgIpc) is 2.42. The van der Waals surface area contributed by atoms with Crippen LogP contribution in [0.1, 0.15) is 30.1 Å². The lowest BCUT2D eigenvalue weighted by molar-refractivity contribution is 0.0943. The van der Waals surface area contributed by atoms with Gasteiger partial charge in [0.2, 0.25) is 0 Å². The minimum atomic E-state index is 0.0352. The Morgan fingerprint density at radius 3 is 2.78 bits per heavy atom. The van der Waals surface area contributed by atoms with Gasteiger partial charge in [0.15, 0.2) is 0 Å². The molecule has 0 spiro atoms. The lowest BCUT2D eigenvalue weighted by atomic mass is 10.0. The molecule has 0 aliphatic rings. The number of hydrogen-bond donors (Lipinski definition) is 1. The van der Waals surface area contributed by atoms with Crippen LogP contribution in [-0.2, 0) is 0 Å². The molecule has 1 N–H and O–H groups in total. The molecule has 0 saturated heterocycles. The molecule has 2 nitrogen and oxygen atoms in total. The fourth-order valence-electron chi connectivity index (χ4n) is 1.77. The molecule has 0 saturated carbocycles. The van der Waals surface area contributed by atoms with Crippen LogP contribution in [-0.4, -0.2) is 24.0 Å². The molecule has 0 aliphatic carbocycles. The Morgan fingerprint density at radius 1 is 1.44 bits per heavy atom. The van der Waals surface area contributed by atoms with Gasteiger partial charge in [-0.1, -0.05) is 41.4 Å². The van der Waals surface area contributed by atoms with Gasteiger partial charge in [-0.05, 0) is 30.7 Å². The minimum absolute atomic E-state index is 0.0352.